The first-order valence-electron chi connectivity index (χ1n) is 7.89. The van der Waals surface area contributed by atoms with Gasteiger partial charge in [0.05, 0.1) is 17.0 Å². The van der Waals surface area contributed by atoms with Crippen LogP contribution in [0, 0.1) is 0 Å². The number of halogens is 1. The number of hydrogen-bond donors (Lipinski definition) is 0. The second-order valence-corrected chi connectivity index (χ2v) is 8.21. The molecule has 4 rings (SSSR count). The lowest BCUT2D eigenvalue weighted by molar-refractivity contribution is 0.439. The largest absolute Gasteiger partial charge is 0.419 e. The number of benzene rings is 1. The van der Waals surface area contributed by atoms with E-state index in [4.69, 9.17) is 16.0 Å². The van der Waals surface area contributed by atoms with E-state index in [1.54, 1.807) is 18.3 Å². The van der Waals surface area contributed by atoms with Crippen molar-refractivity contribution in [2.45, 2.75) is 17.2 Å². The van der Waals surface area contributed by atoms with Crippen LogP contribution in [-0.2, 0) is 10.0 Å². The summed E-state index contributed by atoms with van der Waals surface area (Å²) in [5, 5.41) is 8.53. The van der Waals surface area contributed by atoms with Gasteiger partial charge in [0.15, 0.2) is 0 Å². The first kappa shape index (κ1) is 17.1. The van der Waals surface area contributed by atoms with E-state index in [0.29, 0.717) is 29.6 Å². The van der Waals surface area contributed by atoms with Gasteiger partial charge in [-0.25, -0.2) is 13.4 Å². The third-order valence-corrected chi connectivity index (χ3v) is 6.31. The number of sulfonamides is 1. The van der Waals surface area contributed by atoms with E-state index in [9.17, 15) is 8.42 Å². The molecule has 26 heavy (non-hydrogen) atoms. The van der Waals surface area contributed by atoms with E-state index in [1.165, 1.54) is 28.8 Å². The van der Waals surface area contributed by atoms with Gasteiger partial charge in [-0.1, -0.05) is 11.6 Å². The summed E-state index contributed by atoms with van der Waals surface area (Å²) in [5.41, 5.74) is 0.481. The van der Waals surface area contributed by atoms with E-state index in [1.807, 2.05) is 0 Å². The van der Waals surface area contributed by atoms with Crippen LogP contribution in [0.15, 0.2) is 52.2 Å². The molecule has 10 heteroatoms. The van der Waals surface area contributed by atoms with Gasteiger partial charge >= 0.3 is 0 Å². The smallest absolute Gasteiger partial charge is 0.267 e. The Labute approximate surface area is 154 Å². The molecule has 3 heterocycles. The molecule has 0 aliphatic carbocycles. The van der Waals surface area contributed by atoms with E-state index < -0.39 is 10.0 Å². The predicted octanol–water partition coefficient (Wildman–Crippen LogP) is 2.36. The maximum atomic E-state index is 12.7. The van der Waals surface area contributed by atoms with Crippen LogP contribution in [0.1, 0.15) is 18.2 Å². The molecule has 0 N–H and O–H groups in total. The Morgan fingerprint density at radius 3 is 2.69 bits per heavy atom. The van der Waals surface area contributed by atoms with Crippen molar-refractivity contribution in [1.29, 1.82) is 0 Å². The summed E-state index contributed by atoms with van der Waals surface area (Å²) in [4.78, 5) is 8.29. The third-order valence-electron chi connectivity index (χ3n) is 4.17. The zero-order valence-electron chi connectivity index (χ0n) is 13.5. The zero-order valence-corrected chi connectivity index (χ0v) is 15.1. The molecule has 0 radical (unpaired) electrons. The topological polar surface area (TPSA) is 102 Å². The van der Waals surface area contributed by atoms with Gasteiger partial charge in [-0.15, -0.1) is 10.2 Å². The number of rotatable bonds is 4. The second kappa shape index (κ2) is 6.75. The number of hydrogen-bond acceptors (Lipinski definition) is 7. The second-order valence-electron chi connectivity index (χ2n) is 5.84. The Hall–Kier alpha value is -2.36. The highest BCUT2D eigenvalue weighted by Crippen LogP contribution is 2.31. The molecule has 2 aromatic heterocycles. The van der Waals surface area contributed by atoms with Crippen molar-refractivity contribution in [1.82, 2.24) is 24.5 Å². The van der Waals surface area contributed by atoms with Crippen LogP contribution < -0.4 is 0 Å². The lowest BCUT2D eigenvalue weighted by atomic mass is 10.1. The van der Waals surface area contributed by atoms with Crippen LogP contribution in [0.4, 0.5) is 0 Å². The first-order chi connectivity index (χ1) is 12.5. The Bertz CT molecular complexity index is 1010. The summed E-state index contributed by atoms with van der Waals surface area (Å²) in [6.07, 6.45) is 5.23. The normalized spacial score (nSPS) is 18.3. The molecule has 0 spiro atoms. The Kier molecular flexibility index (Phi) is 4.43. The summed E-state index contributed by atoms with van der Waals surface area (Å²) in [7, 11) is -3.58. The van der Waals surface area contributed by atoms with Crippen molar-refractivity contribution >= 4 is 21.6 Å². The zero-order chi connectivity index (χ0) is 18.1. The van der Waals surface area contributed by atoms with Crippen molar-refractivity contribution in [3.05, 3.63) is 53.8 Å². The quantitative estimate of drug-likeness (QED) is 0.672. The van der Waals surface area contributed by atoms with Crippen molar-refractivity contribution in [3.8, 4) is 11.6 Å². The molecular weight excluding hydrogens is 378 g/mol. The molecule has 0 bridgehead atoms. The highest BCUT2D eigenvalue weighted by Gasteiger charge is 2.35. The van der Waals surface area contributed by atoms with Crippen LogP contribution in [-0.4, -0.2) is 46.0 Å². The van der Waals surface area contributed by atoms with Crippen LogP contribution in [0.2, 0.25) is 5.02 Å². The van der Waals surface area contributed by atoms with Crippen molar-refractivity contribution in [2.75, 3.05) is 13.1 Å². The average Bonchev–Trinajstić information content (AvgIpc) is 3.33. The fourth-order valence-corrected chi connectivity index (χ4v) is 4.44. The standard InChI is InChI=1S/C16H14ClN5O3S/c17-12-1-3-13(4-2-12)26(23,24)22-8-5-11(10-22)15-20-21-16(25-15)14-9-18-6-7-19-14/h1-4,6-7,9,11H,5,8,10H2. The van der Waals surface area contributed by atoms with Crippen LogP contribution >= 0.6 is 11.6 Å². The van der Waals surface area contributed by atoms with E-state index >= 15 is 0 Å². The minimum Gasteiger partial charge on any atom is -0.419 e. The van der Waals surface area contributed by atoms with Gasteiger partial charge in [0.1, 0.15) is 5.69 Å². The molecule has 1 aliphatic heterocycles. The Balaban J connectivity index is 1.52. The molecule has 1 aromatic carbocycles. The maximum absolute atomic E-state index is 12.7. The van der Waals surface area contributed by atoms with Gasteiger partial charge in [0, 0.05) is 30.5 Å². The van der Waals surface area contributed by atoms with Gasteiger partial charge in [0.2, 0.25) is 15.9 Å². The molecule has 3 aromatic rings. The highest BCUT2D eigenvalue weighted by atomic mass is 35.5. The Morgan fingerprint density at radius 1 is 1.15 bits per heavy atom. The summed E-state index contributed by atoms with van der Waals surface area (Å²) in [6, 6.07) is 6.13. The molecule has 0 amide bonds. The number of nitrogens with zero attached hydrogens (tertiary/aromatic N) is 5. The van der Waals surface area contributed by atoms with Gasteiger partial charge in [-0.05, 0) is 30.7 Å². The van der Waals surface area contributed by atoms with Gasteiger partial charge in [-0.3, -0.25) is 4.98 Å². The molecular formula is C16H14ClN5O3S. The van der Waals surface area contributed by atoms with E-state index in [-0.39, 0.29) is 23.2 Å². The third kappa shape index (κ3) is 3.20. The SMILES string of the molecule is O=S(=O)(c1ccc(Cl)cc1)N1CCC(c2nnc(-c3cnccn3)o2)C1. The minimum absolute atomic E-state index is 0.157. The minimum atomic E-state index is -3.58. The molecule has 0 saturated carbocycles. The summed E-state index contributed by atoms with van der Waals surface area (Å²) in [5.74, 6) is 0.515. The number of aromatic nitrogens is 4. The van der Waals surface area contributed by atoms with Crippen molar-refractivity contribution < 1.29 is 12.8 Å². The van der Waals surface area contributed by atoms with Crippen molar-refractivity contribution in [2.24, 2.45) is 0 Å². The summed E-state index contributed by atoms with van der Waals surface area (Å²) >= 11 is 5.83. The lowest BCUT2D eigenvalue weighted by Crippen LogP contribution is -2.28. The Morgan fingerprint density at radius 2 is 1.96 bits per heavy atom. The van der Waals surface area contributed by atoms with Crippen LogP contribution in [0.3, 0.4) is 0 Å². The van der Waals surface area contributed by atoms with Crippen LogP contribution in [0.25, 0.3) is 11.6 Å². The highest BCUT2D eigenvalue weighted by molar-refractivity contribution is 7.89. The molecule has 1 saturated heterocycles. The van der Waals surface area contributed by atoms with Gasteiger partial charge < -0.3 is 4.42 Å². The summed E-state index contributed by atoms with van der Waals surface area (Å²) in [6.45, 7) is 0.672. The molecule has 1 atom stereocenters. The molecule has 1 unspecified atom stereocenters. The average molecular weight is 392 g/mol. The molecule has 134 valence electrons. The van der Waals surface area contributed by atoms with E-state index in [2.05, 4.69) is 20.2 Å². The molecule has 8 nitrogen and oxygen atoms in total. The molecule has 1 aliphatic rings. The maximum Gasteiger partial charge on any atom is 0.267 e. The van der Waals surface area contributed by atoms with Crippen LogP contribution in [0.5, 0.6) is 0 Å². The lowest BCUT2D eigenvalue weighted by Gasteiger charge is -2.16. The van der Waals surface area contributed by atoms with Gasteiger partial charge in [0.25, 0.3) is 5.89 Å². The first-order valence-corrected chi connectivity index (χ1v) is 9.71. The fourth-order valence-electron chi connectivity index (χ4n) is 2.82. The molecule has 1 fully saturated rings. The van der Waals surface area contributed by atoms with Gasteiger partial charge in [-0.2, -0.15) is 4.31 Å². The summed E-state index contributed by atoms with van der Waals surface area (Å²) < 4.78 is 32.6. The fraction of sp³-hybridized carbons (Fsp3) is 0.250. The van der Waals surface area contributed by atoms with E-state index in [0.717, 1.165) is 0 Å². The van der Waals surface area contributed by atoms with Crippen molar-refractivity contribution in [3.63, 3.8) is 0 Å². The predicted molar refractivity (Wildman–Crippen MR) is 92.9 cm³/mol. The monoisotopic (exact) mass is 391 g/mol.